The van der Waals surface area contributed by atoms with Crippen LogP contribution in [-0.4, -0.2) is 43.8 Å². The Morgan fingerprint density at radius 3 is 2.96 bits per heavy atom. The normalized spacial score (nSPS) is 21.2. The third kappa shape index (κ3) is 3.04. The van der Waals surface area contributed by atoms with Gasteiger partial charge in [0.05, 0.1) is 0 Å². The van der Waals surface area contributed by atoms with Gasteiger partial charge < -0.3 is 9.47 Å². The van der Waals surface area contributed by atoms with E-state index < -0.39 is 0 Å². The number of pyridine rings is 1. The highest BCUT2D eigenvalue weighted by Gasteiger charge is 2.32. The lowest BCUT2D eigenvalue weighted by Crippen LogP contribution is -2.42. The van der Waals surface area contributed by atoms with Gasteiger partial charge in [-0.2, -0.15) is 0 Å². The van der Waals surface area contributed by atoms with E-state index in [0.717, 1.165) is 25.2 Å². The molecule has 2 fully saturated rings. The Labute approximate surface area is 134 Å². The number of carbonyl (C=O) groups excluding carboxylic acids is 1. The maximum atomic E-state index is 12.4. The van der Waals surface area contributed by atoms with Crippen molar-refractivity contribution in [1.29, 1.82) is 0 Å². The fourth-order valence-electron chi connectivity index (χ4n) is 3.18. The van der Waals surface area contributed by atoms with E-state index in [1.807, 2.05) is 23.4 Å². The standard InChI is InChI=1S/C16H20N6O/c23-16(19-14-5-1-2-8-17-14)21-9-3-4-12(10-21)15-20-18-11-22(15)13-6-7-13/h1-2,5,8,11-13H,3-4,6-7,9-10H2,(H,17,19,23). The lowest BCUT2D eigenvalue weighted by molar-refractivity contribution is 0.190. The van der Waals surface area contributed by atoms with E-state index in [0.29, 0.717) is 18.4 Å². The average Bonchev–Trinajstić information content (AvgIpc) is 3.32. The molecule has 3 heterocycles. The molecular formula is C16H20N6O. The van der Waals surface area contributed by atoms with Gasteiger partial charge in [-0.1, -0.05) is 6.07 Å². The zero-order valence-electron chi connectivity index (χ0n) is 12.9. The predicted octanol–water partition coefficient (Wildman–Crippen LogP) is 2.42. The van der Waals surface area contributed by atoms with Crippen LogP contribution in [0.5, 0.6) is 0 Å². The predicted molar refractivity (Wildman–Crippen MR) is 85.1 cm³/mol. The second-order valence-corrected chi connectivity index (χ2v) is 6.26. The minimum atomic E-state index is -0.0918. The summed E-state index contributed by atoms with van der Waals surface area (Å²) < 4.78 is 2.20. The van der Waals surface area contributed by atoms with Crippen molar-refractivity contribution in [2.45, 2.75) is 37.6 Å². The lowest BCUT2D eigenvalue weighted by atomic mass is 9.97. The molecule has 1 aliphatic heterocycles. The van der Waals surface area contributed by atoms with Gasteiger partial charge in [-0.15, -0.1) is 10.2 Å². The number of nitrogens with one attached hydrogen (secondary N) is 1. The summed E-state index contributed by atoms with van der Waals surface area (Å²) in [4.78, 5) is 18.4. The number of hydrogen-bond acceptors (Lipinski definition) is 4. The molecule has 1 saturated heterocycles. The summed E-state index contributed by atoms with van der Waals surface area (Å²) in [6.45, 7) is 1.46. The minimum absolute atomic E-state index is 0.0918. The third-order valence-electron chi connectivity index (χ3n) is 4.51. The van der Waals surface area contributed by atoms with E-state index in [4.69, 9.17) is 0 Å². The topological polar surface area (TPSA) is 75.9 Å². The number of piperidine rings is 1. The van der Waals surface area contributed by atoms with Crippen LogP contribution in [0.4, 0.5) is 10.6 Å². The fraction of sp³-hybridized carbons (Fsp3) is 0.500. The number of aromatic nitrogens is 4. The largest absolute Gasteiger partial charge is 0.324 e. The zero-order chi connectivity index (χ0) is 15.6. The van der Waals surface area contributed by atoms with Gasteiger partial charge in [-0.25, -0.2) is 9.78 Å². The second kappa shape index (κ2) is 5.98. The molecule has 7 heteroatoms. The van der Waals surface area contributed by atoms with Crippen LogP contribution in [0.1, 0.15) is 43.5 Å². The number of amides is 2. The van der Waals surface area contributed by atoms with Crippen LogP contribution in [0.2, 0.25) is 0 Å². The van der Waals surface area contributed by atoms with Crippen molar-refractivity contribution in [3.63, 3.8) is 0 Å². The first-order valence-corrected chi connectivity index (χ1v) is 8.17. The first kappa shape index (κ1) is 14.2. The Morgan fingerprint density at radius 2 is 2.17 bits per heavy atom. The van der Waals surface area contributed by atoms with E-state index >= 15 is 0 Å². The van der Waals surface area contributed by atoms with Gasteiger partial charge in [0.1, 0.15) is 18.0 Å². The maximum Gasteiger partial charge on any atom is 0.323 e. The Kier molecular flexibility index (Phi) is 3.69. The summed E-state index contributed by atoms with van der Waals surface area (Å²) in [5, 5.41) is 11.3. The summed E-state index contributed by atoms with van der Waals surface area (Å²) in [6.07, 6.45) is 7.96. The van der Waals surface area contributed by atoms with Gasteiger partial charge in [0, 0.05) is 31.2 Å². The van der Waals surface area contributed by atoms with Crippen LogP contribution in [-0.2, 0) is 0 Å². The molecular weight excluding hydrogens is 292 g/mol. The number of likely N-dealkylation sites (tertiary alicyclic amines) is 1. The van der Waals surface area contributed by atoms with Crippen molar-refractivity contribution in [1.82, 2.24) is 24.6 Å². The van der Waals surface area contributed by atoms with Gasteiger partial charge in [0.2, 0.25) is 0 Å². The molecule has 4 rings (SSSR count). The molecule has 1 N–H and O–H groups in total. The molecule has 2 aromatic rings. The highest BCUT2D eigenvalue weighted by Crippen LogP contribution is 2.38. The molecule has 2 aromatic heterocycles. The quantitative estimate of drug-likeness (QED) is 0.944. The number of hydrogen-bond donors (Lipinski definition) is 1. The average molecular weight is 312 g/mol. The number of anilines is 1. The van der Waals surface area contributed by atoms with Gasteiger partial charge in [-0.05, 0) is 37.8 Å². The van der Waals surface area contributed by atoms with Crippen LogP contribution < -0.4 is 5.32 Å². The number of urea groups is 1. The zero-order valence-corrected chi connectivity index (χ0v) is 12.9. The van der Waals surface area contributed by atoms with Crippen molar-refractivity contribution in [2.24, 2.45) is 0 Å². The smallest absolute Gasteiger partial charge is 0.323 e. The Balaban J connectivity index is 1.44. The third-order valence-corrected chi connectivity index (χ3v) is 4.51. The molecule has 0 bridgehead atoms. The van der Waals surface area contributed by atoms with E-state index in [-0.39, 0.29) is 11.9 Å². The minimum Gasteiger partial charge on any atom is -0.324 e. The Morgan fingerprint density at radius 1 is 1.26 bits per heavy atom. The highest BCUT2D eigenvalue weighted by atomic mass is 16.2. The first-order valence-electron chi connectivity index (χ1n) is 8.17. The van der Waals surface area contributed by atoms with Gasteiger partial charge >= 0.3 is 6.03 Å². The van der Waals surface area contributed by atoms with Gasteiger partial charge in [0.15, 0.2) is 0 Å². The van der Waals surface area contributed by atoms with Crippen LogP contribution in [0.15, 0.2) is 30.7 Å². The molecule has 120 valence electrons. The number of nitrogens with zero attached hydrogens (tertiary/aromatic N) is 5. The molecule has 23 heavy (non-hydrogen) atoms. The SMILES string of the molecule is O=C(Nc1ccccn1)N1CCCC(c2nncn2C2CC2)C1. The molecule has 2 amide bonds. The first-order chi connectivity index (χ1) is 11.3. The summed E-state index contributed by atoms with van der Waals surface area (Å²) in [5.41, 5.74) is 0. The second-order valence-electron chi connectivity index (χ2n) is 6.26. The lowest BCUT2D eigenvalue weighted by Gasteiger charge is -2.32. The maximum absolute atomic E-state index is 12.4. The number of rotatable bonds is 3. The molecule has 7 nitrogen and oxygen atoms in total. The molecule has 1 aliphatic carbocycles. The molecule has 0 aromatic carbocycles. The van der Waals surface area contributed by atoms with Crippen LogP contribution in [0.3, 0.4) is 0 Å². The van der Waals surface area contributed by atoms with Crippen LogP contribution in [0.25, 0.3) is 0 Å². The van der Waals surface area contributed by atoms with Crippen molar-refractivity contribution >= 4 is 11.8 Å². The Hall–Kier alpha value is -2.44. The highest BCUT2D eigenvalue weighted by molar-refractivity contribution is 5.88. The monoisotopic (exact) mass is 312 g/mol. The molecule has 1 saturated carbocycles. The summed E-state index contributed by atoms with van der Waals surface area (Å²) in [7, 11) is 0. The van der Waals surface area contributed by atoms with E-state index in [9.17, 15) is 4.79 Å². The van der Waals surface area contributed by atoms with E-state index in [1.54, 1.807) is 12.3 Å². The van der Waals surface area contributed by atoms with Crippen LogP contribution in [0, 0.1) is 0 Å². The summed E-state index contributed by atoms with van der Waals surface area (Å²) in [5.74, 6) is 1.88. The van der Waals surface area contributed by atoms with Crippen molar-refractivity contribution in [3.05, 3.63) is 36.5 Å². The fourth-order valence-corrected chi connectivity index (χ4v) is 3.18. The van der Waals surface area contributed by atoms with E-state index in [2.05, 4.69) is 25.1 Å². The molecule has 2 aliphatic rings. The molecule has 1 unspecified atom stereocenters. The molecule has 0 radical (unpaired) electrons. The van der Waals surface area contributed by atoms with Crippen molar-refractivity contribution < 1.29 is 4.79 Å². The van der Waals surface area contributed by atoms with Crippen molar-refractivity contribution in [3.8, 4) is 0 Å². The summed E-state index contributed by atoms with van der Waals surface area (Å²) in [6, 6.07) is 5.96. The number of carbonyl (C=O) groups is 1. The Bertz CT molecular complexity index is 681. The summed E-state index contributed by atoms with van der Waals surface area (Å²) >= 11 is 0. The van der Waals surface area contributed by atoms with Crippen LogP contribution >= 0.6 is 0 Å². The molecule has 1 atom stereocenters. The van der Waals surface area contributed by atoms with Gasteiger partial charge in [-0.3, -0.25) is 5.32 Å². The van der Waals surface area contributed by atoms with Crippen molar-refractivity contribution in [2.75, 3.05) is 18.4 Å². The molecule has 0 spiro atoms. The van der Waals surface area contributed by atoms with E-state index in [1.165, 1.54) is 12.8 Å². The van der Waals surface area contributed by atoms with Gasteiger partial charge in [0.25, 0.3) is 0 Å².